The first-order valence-electron chi connectivity index (χ1n) is 9.02. The third kappa shape index (κ3) is 5.36. The number of aryl methyl sites for hydroxylation is 2. The third-order valence-corrected chi connectivity index (χ3v) is 5.67. The molecule has 3 aromatic carbocycles. The second-order valence-electron chi connectivity index (χ2n) is 6.55. The zero-order valence-electron chi connectivity index (χ0n) is 16.2. The Morgan fingerprint density at radius 1 is 0.862 bits per heavy atom. The molecule has 0 bridgehead atoms. The lowest BCUT2D eigenvalue weighted by atomic mass is 10.1. The summed E-state index contributed by atoms with van der Waals surface area (Å²) in [4.78, 5) is 12.3. The number of sulfonamides is 1. The maximum atomic E-state index is 12.4. The van der Waals surface area contributed by atoms with Gasteiger partial charge in [-0.1, -0.05) is 36.4 Å². The number of carbonyl (C=O) groups is 1. The summed E-state index contributed by atoms with van der Waals surface area (Å²) in [5, 5.41) is 2.84. The average molecular weight is 410 g/mol. The van der Waals surface area contributed by atoms with Gasteiger partial charge in [0.1, 0.15) is 5.75 Å². The maximum absolute atomic E-state index is 12.4. The fourth-order valence-electron chi connectivity index (χ4n) is 2.77. The molecule has 0 aliphatic heterocycles. The lowest BCUT2D eigenvalue weighted by molar-refractivity contribution is -0.118. The first-order valence-corrected chi connectivity index (χ1v) is 10.5. The Morgan fingerprint density at radius 3 is 2.10 bits per heavy atom. The van der Waals surface area contributed by atoms with E-state index in [0.29, 0.717) is 11.4 Å². The van der Waals surface area contributed by atoms with Crippen LogP contribution < -0.4 is 14.8 Å². The van der Waals surface area contributed by atoms with Gasteiger partial charge >= 0.3 is 0 Å². The Balaban J connectivity index is 1.60. The molecule has 1 amide bonds. The quantitative estimate of drug-likeness (QED) is 0.614. The van der Waals surface area contributed by atoms with Crippen LogP contribution in [-0.4, -0.2) is 20.9 Å². The highest BCUT2D eigenvalue weighted by Crippen LogP contribution is 2.21. The summed E-state index contributed by atoms with van der Waals surface area (Å²) in [6.07, 6.45) is 0. The van der Waals surface area contributed by atoms with E-state index in [0.717, 1.165) is 16.8 Å². The van der Waals surface area contributed by atoms with Gasteiger partial charge in [-0.25, -0.2) is 8.42 Å². The topological polar surface area (TPSA) is 84.5 Å². The SMILES string of the molecule is Cc1cccc(C)c1NC(=O)COc1ccc(S(=O)(=O)Nc2ccccc2)cc1. The smallest absolute Gasteiger partial charge is 0.262 e. The molecule has 0 heterocycles. The molecule has 0 fully saturated rings. The van der Waals surface area contributed by atoms with Crippen molar-refractivity contribution in [2.45, 2.75) is 18.7 Å². The van der Waals surface area contributed by atoms with Crippen LogP contribution in [0.3, 0.4) is 0 Å². The molecule has 3 aromatic rings. The molecule has 0 atom stereocenters. The molecule has 0 unspecified atom stereocenters. The number of rotatable bonds is 7. The van der Waals surface area contributed by atoms with E-state index in [1.807, 2.05) is 32.0 Å². The molecule has 2 N–H and O–H groups in total. The number of hydrogen-bond acceptors (Lipinski definition) is 4. The van der Waals surface area contributed by atoms with Crippen LogP contribution >= 0.6 is 0 Å². The van der Waals surface area contributed by atoms with Gasteiger partial charge in [0.25, 0.3) is 15.9 Å². The zero-order chi connectivity index (χ0) is 20.9. The van der Waals surface area contributed by atoms with Gasteiger partial charge in [-0.3, -0.25) is 9.52 Å². The lowest BCUT2D eigenvalue weighted by Gasteiger charge is -2.12. The van der Waals surface area contributed by atoms with E-state index in [1.54, 1.807) is 30.3 Å². The number of nitrogens with one attached hydrogen (secondary N) is 2. The van der Waals surface area contributed by atoms with Crippen LogP contribution in [-0.2, 0) is 14.8 Å². The van der Waals surface area contributed by atoms with E-state index in [1.165, 1.54) is 24.3 Å². The van der Waals surface area contributed by atoms with E-state index < -0.39 is 10.0 Å². The minimum absolute atomic E-state index is 0.105. The Labute approximate surface area is 170 Å². The summed E-state index contributed by atoms with van der Waals surface area (Å²) in [6, 6.07) is 20.3. The molecular formula is C22H22N2O4S. The number of carbonyl (C=O) groups excluding carboxylic acids is 1. The number of para-hydroxylation sites is 2. The zero-order valence-corrected chi connectivity index (χ0v) is 17.0. The summed E-state index contributed by atoms with van der Waals surface area (Å²) < 4.78 is 32.8. The number of hydrogen-bond donors (Lipinski definition) is 2. The standard InChI is InChI=1S/C22H22N2O4S/c1-16-7-6-8-17(2)22(16)23-21(25)15-28-19-11-13-20(14-12-19)29(26,27)24-18-9-4-3-5-10-18/h3-14,24H,15H2,1-2H3,(H,23,25). The van der Waals surface area contributed by atoms with Gasteiger partial charge < -0.3 is 10.1 Å². The predicted molar refractivity (Wildman–Crippen MR) is 114 cm³/mol. The normalized spacial score (nSPS) is 11.0. The van der Waals surface area contributed by atoms with E-state index in [4.69, 9.17) is 4.74 Å². The van der Waals surface area contributed by atoms with Crippen LogP contribution in [0.25, 0.3) is 0 Å². The molecule has 3 rings (SSSR count). The van der Waals surface area contributed by atoms with Gasteiger partial charge in [0, 0.05) is 11.4 Å². The van der Waals surface area contributed by atoms with Crippen molar-refractivity contribution in [2.75, 3.05) is 16.6 Å². The highest BCUT2D eigenvalue weighted by atomic mass is 32.2. The lowest BCUT2D eigenvalue weighted by Crippen LogP contribution is -2.21. The van der Waals surface area contributed by atoms with Crippen LogP contribution in [0.4, 0.5) is 11.4 Å². The van der Waals surface area contributed by atoms with Gasteiger partial charge in [-0.2, -0.15) is 0 Å². The number of anilines is 2. The minimum atomic E-state index is -3.70. The van der Waals surface area contributed by atoms with Crippen molar-refractivity contribution in [2.24, 2.45) is 0 Å². The highest BCUT2D eigenvalue weighted by Gasteiger charge is 2.14. The molecule has 150 valence electrons. The second kappa shape index (κ2) is 8.79. The molecule has 0 aromatic heterocycles. The predicted octanol–water partition coefficient (Wildman–Crippen LogP) is 4.12. The summed E-state index contributed by atoms with van der Waals surface area (Å²) >= 11 is 0. The van der Waals surface area contributed by atoms with E-state index in [2.05, 4.69) is 10.0 Å². The fraction of sp³-hybridized carbons (Fsp3) is 0.136. The maximum Gasteiger partial charge on any atom is 0.262 e. The molecule has 0 saturated carbocycles. The number of amides is 1. The van der Waals surface area contributed by atoms with Gasteiger partial charge in [0.2, 0.25) is 0 Å². The summed E-state index contributed by atoms with van der Waals surface area (Å²) in [5.41, 5.74) is 3.20. The fourth-order valence-corrected chi connectivity index (χ4v) is 3.83. The van der Waals surface area contributed by atoms with Crippen molar-refractivity contribution >= 4 is 27.3 Å². The molecule has 7 heteroatoms. The minimum Gasteiger partial charge on any atom is -0.484 e. The van der Waals surface area contributed by atoms with Crippen molar-refractivity contribution in [1.82, 2.24) is 0 Å². The first-order chi connectivity index (χ1) is 13.8. The van der Waals surface area contributed by atoms with Crippen molar-refractivity contribution in [1.29, 1.82) is 0 Å². The van der Waals surface area contributed by atoms with Crippen molar-refractivity contribution in [3.8, 4) is 5.75 Å². The first kappa shape index (κ1) is 20.4. The van der Waals surface area contributed by atoms with E-state index >= 15 is 0 Å². The van der Waals surface area contributed by atoms with Crippen molar-refractivity contribution in [3.05, 3.63) is 83.9 Å². The molecule has 0 radical (unpaired) electrons. The van der Waals surface area contributed by atoms with Crippen molar-refractivity contribution < 1.29 is 17.9 Å². The molecule has 0 saturated heterocycles. The Bertz CT molecular complexity index is 1080. The summed E-state index contributed by atoms with van der Waals surface area (Å²) in [7, 11) is -3.70. The molecular weight excluding hydrogens is 388 g/mol. The van der Waals surface area contributed by atoms with Crippen LogP contribution in [0, 0.1) is 13.8 Å². The highest BCUT2D eigenvalue weighted by molar-refractivity contribution is 7.92. The van der Waals surface area contributed by atoms with Gasteiger partial charge in [-0.05, 0) is 61.4 Å². The second-order valence-corrected chi connectivity index (χ2v) is 8.23. The van der Waals surface area contributed by atoms with E-state index in [-0.39, 0.29) is 17.4 Å². The molecule has 6 nitrogen and oxygen atoms in total. The Morgan fingerprint density at radius 2 is 1.48 bits per heavy atom. The van der Waals surface area contributed by atoms with E-state index in [9.17, 15) is 13.2 Å². The largest absolute Gasteiger partial charge is 0.484 e. The Hall–Kier alpha value is -3.32. The molecule has 0 aliphatic rings. The summed E-state index contributed by atoms with van der Waals surface area (Å²) in [6.45, 7) is 3.67. The van der Waals surface area contributed by atoms with Gasteiger partial charge in [-0.15, -0.1) is 0 Å². The number of ether oxygens (including phenoxy) is 1. The third-order valence-electron chi connectivity index (χ3n) is 4.28. The monoisotopic (exact) mass is 410 g/mol. The van der Waals surface area contributed by atoms with Gasteiger partial charge in [0.05, 0.1) is 4.90 Å². The van der Waals surface area contributed by atoms with Crippen LogP contribution in [0.15, 0.2) is 77.7 Å². The molecule has 29 heavy (non-hydrogen) atoms. The van der Waals surface area contributed by atoms with Gasteiger partial charge in [0.15, 0.2) is 6.61 Å². The van der Waals surface area contributed by atoms with Crippen LogP contribution in [0.1, 0.15) is 11.1 Å². The van der Waals surface area contributed by atoms with Crippen LogP contribution in [0.2, 0.25) is 0 Å². The molecule has 0 aliphatic carbocycles. The average Bonchev–Trinajstić information content (AvgIpc) is 2.70. The summed E-state index contributed by atoms with van der Waals surface area (Å²) in [5.74, 6) is 0.116. The molecule has 0 spiro atoms. The number of benzene rings is 3. The van der Waals surface area contributed by atoms with Crippen LogP contribution in [0.5, 0.6) is 5.75 Å². The Kier molecular flexibility index (Phi) is 6.19. The van der Waals surface area contributed by atoms with Crippen molar-refractivity contribution in [3.63, 3.8) is 0 Å².